The Morgan fingerprint density at radius 3 is 2.61 bits per heavy atom. The summed E-state index contributed by atoms with van der Waals surface area (Å²) in [5, 5.41) is 14.1. The lowest BCUT2D eigenvalue weighted by atomic mass is 10.1. The van der Waals surface area contributed by atoms with E-state index in [0.29, 0.717) is 12.2 Å². The van der Waals surface area contributed by atoms with Crippen LogP contribution in [0.1, 0.15) is 17.1 Å². The van der Waals surface area contributed by atoms with Crippen molar-refractivity contribution in [1.82, 2.24) is 19.8 Å². The van der Waals surface area contributed by atoms with E-state index in [1.54, 1.807) is 16.6 Å². The van der Waals surface area contributed by atoms with Gasteiger partial charge in [0.2, 0.25) is 4.96 Å². The average molecular weight is 390 g/mol. The average Bonchev–Trinajstić information content (AvgIpc) is 3.39. The van der Waals surface area contributed by atoms with Crippen LogP contribution in [-0.2, 0) is 6.42 Å². The van der Waals surface area contributed by atoms with E-state index < -0.39 is 0 Å². The maximum atomic E-state index is 13.2. The highest BCUT2D eigenvalue weighted by atomic mass is 32.1. The summed E-state index contributed by atoms with van der Waals surface area (Å²) in [6, 6.07) is 18.3. The number of nitrogens with zero attached hydrogens (tertiary/aromatic N) is 4. The molecular weight excluding hydrogens is 375 g/mol. The van der Waals surface area contributed by atoms with E-state index in [1.165, 1.54) is 23.5 Å². The molecule has 0 bridgehead atoms. The van der Waals surface area contributed by atoms with Crippen molar-refractivity contribution in [3.05, 3.63) is 83.6 Å². The first kappa shape index (κ1) is 16.8. The molecule has 0 amide bonds. The Balaban J connectivity index is 1.51. The quantitative estimate of drug-likeness (QED) is 0.426. The van der Waals surface area contributed by atoms with Gasteiger partial charge in [-0.05, 0) is 42.8 Å². The van der Waals surface area contributed by atoms with Gasteiger partial charge in [-0.3, -0.25) is 0 Å². The molecule has 0 aliphatic carbocycles. The molecule has 0 spiro atoms. The van der Waals surface area contributed by atoms with Gasteiger partial charge in [0.1, 0.15) is 17.3 Å². The molecule has 0 atom stereocenters. The summed E-state index contributed by atoms with van der Waals surface area (Å²) < 4.78 is 20.9. The second-order valence-corrected chi connectivity index (χ2v) is 7.42. The molecule has 5 rings (SSSR count). The monoisotopic (exact) mass is 390 g/mol. The molecule has 0 aliphatic heterocycles. The van der Waals surface area contributed by atoms with Gasteiger partial charge in [0.25, 0.3) is 0 Å². The fourth-order valence-electron chi connectivity index (χ4n) is 3.11. The zero-order chi connectivity index (χ0) is 19.1. The lowest BCUT2D eigenvalue weighted by molar-refractivity contribution is 0.549. The molecule has 5 nitrogen and oxygen atoms in total. The fraction of sp³-hybridized carbons (Fsp3) is 0.0952. The fourth-order valence-corrected chi connectivity index (χ4v) is 4.03. The predicted octanol–water partition coefficient (Wildman–Crippen LogP) is 5.15. The molecule has 5 aromatic rings. The molecule has 7 heteroatoms. The molecule has 0 saturated heterocycles. The predicted molar refractivity (Wildman–Crippen MR) is 106 cm³/mol. The van der Waals surface area contributed by atoms with Crippen molar-refractivity contribution in [3.8, 4) is 21.9 Å². The van der Waals surface area contributed by atoms with Crippen LogP contribution in [0.3, 0.4) is 0 Å². The number of rotatable bonds is 4. The largest absolute Gasteiger partial charge is 0.461 e. The number of hydrogen-bond donors (Lipinski definition) is 0. The molecule has 3 heterocycles. The van der Waals surface area contributed by atoms with Crippen molar-refractivity contribution in [3.63, 3.8) is 0 Å². The van der Waals surface area contributed by atoms with Crippen LogP contribution in [-0.4, -0.2) is 19.8 Å². The molecule has 0 aliphatic rings. The molecule has 0 saturated carbocycles. The summed E-state index contributed by atoms with van der Waals surface area (Å²) in [5.41, 5.74) is 2.88. The van der Waals surface area contributed by atoms with Gasteiger partial charge >= 0.3 is 0 Å². The van der Waals surface area contributed by atoms with Crippen molar-refractivity contribution in [2.24, 2.45) is 0 Å². The molecule has 3 aromatic heterocycles. The van der Waals surface area contributed by atoms with Crippen molar-refractivity contribution in [1.29, 1.82) is 0 Å². The zero-order valence-corrected chi connectivity index (χ0v) is 15.8. The van der Waals surface area contributed by atoms with Crippen LogP contribution >= 0.6 is 11.3 Å². The third kappa shape index (κ3) is 2.99. The number of hydrogen-bond acceptors (Lipinski definition) is 5. The third-order valence-corrected chi connectivity index (χ3v) is 5.47. The number of halogens is 1. The molecular formula is C21H15FN4OS. The van der Waals surface area contributed by atoms with E-state index in [2.05, 4.69) is 22.3 Å². The van der Waals surface area contributed by atoms with Gasteiger partial charge in [-0.15, -0.1) is 10.2 Å². The van der Waals surface area contributed by atoms with Gasteiger partial charge in [0.15, 0.2) is 10.8 Å². The molecule has 28 heavy (non-hydrogen) atoms. The van der Waals surface area contributed by atoms with E-state index in [-0.39, 0.29) is 5.82 Å². The molecule has 2 aromatic carbocycles. The van der Waals surface area contributed by atoms with Crippen LogP contribution in [0.25, 0.3) is 26.9 Å². The van der Waals surface area contributed by atoms with Crippen LogP contribution in [0.5, 0.6) is 0 Å². The van der Waals surface area contributed by atoms with Crippen LogP contribution in [0, 0.1) is 12.7 Å². The summed E-state index contributed by atoms with van der Waals surface area (Å²) >= 11 is 1.47. The van der Waals surface area contributed by atoms with Gasteiger partial charge in [-0.25, -0.2) is 4.39 Å². The smallest absolute Gasteiger partial charge is 0.234 e. The van der Waals surface area contributed by atoms with E-state index >= 15 is 0 Å². The Morgan fingerprint density at radius 2 is 1.82 bits per heavy atom. The zero-order valence-electron chi connectivity index (χ0n) is 15.0. The first-order valence-electron chi connectivity index (χ1n) is 8.79. The number of aryl methyl sites for hydroxylation is 1. The van der Waals surface area contributed by atoms with Crippen molar-refractivity contribution in [2.45, 2.75) is 13.3 Å². The first-order chi connectivity index (χ1) is 13.7. The summed E-state index contributed by atoms with van der Waals surface area (Å²) in [6.07, 6.45) is 0.663. The lowest BCUT2D eigenvalue weighted by Crippen LogP contribution is -1.97. The molecule has 0 N–H and O–H groups in total. The Morgan fingerprint density at radius 1 is 1.04 bits per heavy atom. The Hall–Kier alpha value is -3.32. The van der Waals surface area contributed by atoms with Gasteiger partial charge < -0.3 is 4.42 Å². The van der Waals surface area contributed by atoms with Gasteiger partial charge in [0.05, 0.1) is 5.56 Å². The van der Waals surface area contributed by atoms with Crippen molar-refractivity contribution < 1.29 is 8.81 Å². The molecule has 138 valence electrons. The van der Waals surface area contributed by atoms with Crippen LogP contribution in [0.15, 0.2) is 65.1 Å². The second kappa shape index (κ2) is 6.69. The standard InChI is InChI=1S/C21H15FN4OS/c1-13-17(12-18(27-13)15-7-9-16(22)10-8-15)20-25-26-19(23-24-21(26)28-20)11-14-5-3-2-4-6-14/h2-10,12H,11H2,1H3. The third-order valence-electron chi connectivity index (χ3n) is 4.54. The minimum absolute atomic E-state index is 0.271. The summed E-state index contributed by atoms with van der Waals surface area (Å²) in [4.78, 5) is 0.741. The topological polar surface area (TPSA) is 56.2 Å². The number of benzene rings is 2. The Kier molecular flexibility index (Phi) is 4.02. The van der Waals surface area contributed by atoms with Crippen LogP contribution < -0.4 is 0 Å². The minimum atomic E-state index is -0.271. The Labute approximate surface area is 164 Å². The first-order valence-corrected chi connectivity index (χ1v) is 9.61. The second-order valence-electron chi connectivity index (χ2n) is 6.47. The number of furan rings is 1. The SMILES string of the molecule is Cc1oc(-c2ccc(F)cc2)cc1-c1nn2c(Cc3ccccc3)nnc2s1. The van der Waals surface area contributed by atoms with Crippen molar-refractivity contribution >= 4 is 16.3 Å². The highest BCUT2D eigenvalue weighted by Gasteiger charge is 2.18. The van der Waals surface area contributed by atoms with E-state index in [1.807, 2.05) is 31.2 Å². The van der Waals surface area contributed by atoms with E-state index in [0.717, 1.165) is 38.2 Å². The molecule has 0 radical (unpaired) electrons. The lowest BCUT2D eigenvalue weighted by Gasteiger charge is -1.97. The number of fused-ring (bicyclic) bond motifs is 1. The normalized spacial score (nSPS) is 11.4. The molecule has 0 unspecified atom stereocenters. The highest BCUT2D eigenvalue weighted by Crippen LogP contribution is 2.34. The highest BCUT2D eigenvalue weighted by molar-refractivity contribution is 7.19. The maximum Gasteiger partial charge on any atom is 0.234 e. The van der Waals surface area contributed by atoms with Crippen LogP contribution in [0.2, 0.25) is 0 Å². The van der Waals surface area contributed by atoms with E-state index in [4.69, 9.17) is 9.52 Å². The van der Waals surface area contributed by atoms with E-state index in [9.17, 15) is 4.39 Å². The van der Waals surface area contributed by atoms with Gasteiger partial charge in [0, 0.05) is 12.0 Å². The minimum Gasteiger partial charge on any atom is -0.461 e. The number of aromatic nitrogens is 4. The maximum absolute atomic E-state index is 13.2. The van der Waals surface area contributed by atoms with Crippen LogP contribution in [0.4, 0.5) is 4.39 Å². The summed E-state index contributed by atoms with van der Waals surface area (Å²) in [7, 11) is 0. The van der Waals surface area contributed by atoms with Gasteiger partial charge in [-0.1, -0.05) is 41.7 Å². The van der Waals surface area contributed by atoms with Crippen molar-refractivity contribution in [2.75, 3.05) is 0 Å². The summed E-state index contributed by atoms with van der Waals surface area (Å²) in [6.45, 7) is 1.90. The molecule has 0 fully saturated rings. The van der Waals surface area contributed by atoms with Gasteiger partial charge in [-0.2, -0.15) is 9.61 Å². The Bertz CT molecular complexity index is 1260. The summed E-state index contributed by atoms with van der Waals surface area (Å²) in [5.74, 6) is 1.97.